The van der Waals surface area contributed by atoms with Crippen LogP contribution in [0.1, 0.15) is 17.7 Å². The van der Waals surface area contributed by atoms with Gasteiger partial charge in [0.25, 0.3) is 0 Å². The topological polar surface area (TPSA) is 56.2 Å². The Morgan fingerprint density at radius 2 is 2.29 bits per heavy atom. The van der Waals surface area contributed by atoms with E-state index < -0.39 is 0 Å². The van der Waals surface area contributed by atoms with Crippen LogP contribution in [0.15, 0.2) is 36.5 Å². The van der Waals surface area contributed by atoms with Crippen molar-refractivity contribution in [1.29, 1.82) is 0 Å². The molecule has 1 aliphatic rings. The minimum Gasteiger partial charge on any atom is -0.488 e. The maximum Gasteiger partial charge on any atom is 0.221 e. The van der Waals surface area contributed by atoms with E-state index in [0.717, 1.165) is 17.9 Å². The van der Waals surface area contributed by atoms with Crippen LogP contribution in [0, 0.1) is 6.92 Å². The lowest BCUT2D eigenvalue weighted by molar-refractivity contribution is -0.121. The number of aryl methyl sites for hydroxylation is 2. The van der Waals surface area contributed by atoms with Gasteiger partial charge in [-0.05, 0) is 24.6 Å². The Morgan fingerprint density at radius 3 is 3.05 bits per heavy atom. The molecule has 5 nitrogen and oxygen atoms in total. The predicted molar refractivity (Wildman–Crippen MR) is 79.2 cm³/mol. The lowest BCUT2D eigenvalue weighted by atomic mass is 10.1. The standard InChI is InChI=1S/C16H19N3O2/c1-12-6-8-19(18-12)9-7-16(20)17-11-14-10-13-4-2-3-5-15(13)21-14/h2-6,8,14H,7,9-11H2,1H3,(H,17,20)/t14-/m0/s1. The smallest absolute Gasteiger partial charge is 0.221 e. The number of benzene rings is 1. The highest BCUT2D eigenvalue weighted by atomic mass is 16.5. The monoisotopic (exact) mass is 285 g/mol. The highest BCUT2D eigenvalue weighted by Crippen LogP contribution is 2.27. The SMILES string of the molecule is Cc1ccn(CCC(=O)NC[C@@H]2Cc3ccccc3O2)n1. The average molecular weight is 285 g/mol. The maximum atomic E-state index is 11.8. The van der Waals surface area contributed by atoms with E-state index in [9.17, 15) is 4.79 Å². The van der Waals surface area contributed by atoms with Gasteiger partial charge < -0.3 is 10.1 Å². The molecule has 1 N–H and O–H groups in total. The summed E-state index contributed by atoms with van der Waals surface area (Å²) in [6.07, 6.45) is 3.22. The van der Waals surface area contributed by atoms with Crippen molar-refractivity contribution in [2.75, 3.05) is 6.54 Å². The number of aromatic nitrogens is 2. The summed E-state index contributed by atoms with van der Waals surface area (Å²) in [7, 11) is 0. The zero-order valence-corrected chi connectivity index (χ0v) is 12.1. The van der Waals surface area contributed by atoms with Crippen LogP contribution < -0.4 is 10.1 Å². The Bertz CT molecular complexity index is 611. The second-order valence-electron chi connectivity index (χ2n) is 5.33. The van der Waals surface area contributed by atoms with E-state index in [2.05, 4.69) is 16.5 Å². The molecule has 0 saturated carbocycles. The van der Waals surface area contributed by atoms with Crippen LogP contribution in [-0.4, -0.2) is 28.3 Å². The van der Waals surface area contributed by atoms with Gasteiger partial charge in [0.15, 0.2) is 0 Å². The Balaban J connectivity index is 1.41. The highest BCUT2D eigenvalue weighted by molar-refractivity contribution is 5.75. The molecule has 1 aliphatic heterocycles. The zero-order valence-electron chi connectivity index (χ0n) is 12.1. The summed E-state index contributed by atoms with van der Waals surface area (Å²) < 4.78 is 7.58. The molecule has 1 aromatic heterocycles. The molecule has 0 bridgehead atoms. The van der Waals surface area contributed by atoms with Crippen molar-refractivity contribution < 1.29 is 9.53 Å². The van der Waals surface area contributed by atoms with E-state index in [1.54, 1.807) is 4.68 Å². The molecular formula is C16H19N3O2. The number of carbonyl (C=O) groups is 1. The molecule has 1 atom stereocenters. The van der Waals surface area contributed by atoms with E-state index in [-0.39, 0.29) is 12.0 Å². The van der Waals surface area contributed by atoms with E-state index >= 15 is 0 Å². The molecular weight excluding hydrogens is 266 g/mol. The molecule has 0 radical (unpaired) electrons. The van der Waals surface area contributed by atoms with E-state index in [0.29, 0.717) is 19.5 Å². The van der Waals surface area contributed by atoms with Gasteiger partial charge in [0.2, 0.25) is 5.91 Å². The number of para-hydroxylation sites is 1. The normalized spacial score (nSPS) is 16.3. The molecule has 1 aromatic carbocycles. The number of rotatable bonds is 5. The zero-order chi connectivity index (χ0) is 14.7. The van der Waals surface area contributed by atoms with Crippen LogP contribution in [0.3, 0.4) is 0 Å². The largest absolute Gasteiger partial charge is 0.488 e. The van der Waals surface area contributed by atoms with Crippen LogP contribution in [0.2, 0.25) is 0 Å². The number of ether oxygens (including phenoxy) is 1. The van der Waals surface area contributed by atoms with E-state index in [1.165, 1.54) is 5.56 Å². The molecule has 0 unspecified atom stereocenters. The van der Waals surface area contributed by atoms with Crippen molar-refractivity contribution >= 4 is 5.91 Å². The summed E-state index contributed by atoms with van der Waals surface area (Å²) in [6, 6.07) is 9.94. The fourth-order valence-electron chi connectivity index (χ4n) is 2.49. The second-order valence-corrected chi connectivity index (χ2v) is 5.33. The average Bonchev–Trinajstić information content (AvgIpc) is 3.08. The van der Waals surface area contributed by atoms with Gasteiger partial charge in [-0.3, -0.25) is 9.48 Å². The van der Waals surface area contributed by atoms with Gasteiger partial charge in [-0.25, -0.2) is 0 Å². The van der Waals surface area contributed by atoms with E-state index in [1.807, 2.05) is 37.4 Å². The highest BCUT2D eigenvalue weighted by Gasteiger charge is 2.22. The first-order chi connectivity index (χ1) is 10.2. The lowest BCUT2D eigenvalue weighted by Crippen LogP contribution is -2.34. The van der Waals surface area contributed by atoms with Gasteiger partial charge in [0.1, 0.15) is 11.9 Å². The van der Waals surface area contributed by atoms with Crippen molar-refractivity contribution in [2.45, 2.75) is 32.4 Å². The number of nitrogens with zero attached hydrogens (tertiary/aromatic N) is 2. The Hall–Kier alpha value is -2.30. The summed E-state index contributed by atoms with van der Waals surface area (Å²) in [4.78, 5) is 11.8. The first-order valence-electron chi connectivity index (χ1n) is 7.22. The number of amides is 1. The van der Waals surface area contributed by atoms with Crippen molar-refractivity contribution in [3.05, 3.63) is 47.8 Å². The summed E-state index contributed by atoms with van der Waals surface area (Å²) in [6.45, 7) is 3.09. The van der Waals surface area contributed by atoms with Gasteiger partial charge in [0.05, 0.1) is 12.2 Å². The van der Waals surface area contributed by atoms with Crippen LogP contribution >= 0.6 is 0 Å². The summed E-state index contributed by atoms with van der Waals surface area (Å²) in [5, 5.41) is 7.19. The van der Waals surface area contributed by atoms with E-state index in [4.69, 9.17) is 4.74 Å². The molecule has 5 heteroatoms. The van der Waals surface area contributed by atoms with Gasteiger partial charge in [-0.15, -0.1) is 0 Å². The third-order valence-electron chi connectivity index (χ3n) is 3.58. The van der Waals surface area contributed by atoms with Gasteiger partial charge in [-0.1, -0.05) is 18.2 Å². The first-order valence-corrected chi connectivity index (χ1v) is 7.22. The quantitative estimate of drug-likeness (QED) is 0.909. The van der Waals surface area contributed by atoms with Gasteiger partial charge >= 0.3 is 0 Å². The van der Waals surface area contributed by atoms with Crippen LogP contribution in [0.25, 0.3) is 0 Å². The van der Waals surface area contributed by atoms with Crippen molar-refractivity contribution in [3.63, 3.8) is 0 Å². The number of carbonyl (C=O) groups excluding carboxylic acids is 1. The number of fused-ring (bicyclic) bond motifs is 1. The molecule has 21 heavy (non-hydrogen) atoms. The Labute approximate surface area is 123 Å². The molecule has 0 saturated heterocycles. The molecule has 110 valence electrons. The number of hydrogen-bond acceptors (Lipinski definition) is 3. The van der Waals surface area contributed by atoms with Crippen LogP contribution in [-0.2, 0) is 17.8 Å². The molecule has 0 spiro atoms. The molecule has 2 heterocycles. The summed E-state index contributed by atoms with van der Waals surface area (Å²) in [5.74, 6) is 0.964. The van der Waals surface area contributed by atoms with Crippen LogP contribution in [0.5, 0.6) is 5.75 Å². The molecule has 3 rings (SSSR count). The lowest BCUT2D eigenvalue weighted by Gasteiger charge is -2.12. The summed E-state index contributed by atoms with van der Waals surface area (Å²) in [5.41, 5.74) is 2.18. The number of nitrogens with one attached hydrogen (secondary N) is 1. The number of hydrogen-bond donors (Lipinski definition) is 1. The third kappa shape index (κ3) is 3.42. The Morgan fingerprint density at radius 1 is 1.43 bits per heavy atom. The molecule has 0 aliphatic carbocycles. The van der Waals surface area contributed by atoms with Crippen LogP contribution in [0.4, 0.5) is 0 Å². The van der Waals surface area contributed by atoms with Crippen molar-refractivity contribution in [3.8, 4) is 5.75 Å². The minimum absolute atomic E-state index is 0.0303. The van der Waals surface area contributed by atoms with Crippen molar-refractivity contribution in [1.82, 2.24) is 15.1 Å². The Kier molecular flexibility index (Phi) is 3.90. The summed E-state index contributed by atoms with van der Waals surface area (Å²) >= 11 is 0. The first kappa shape index (κ1) is 13.7. The molecule has 2 aromatic rings. The molecule has 1 amide bonds. The maximum absolute atomic E-state index is 11.8. The molecule has 0 fully saturated rings. The third-order valence-corrected chi connectivity index (χ3v) is 3.58. The van der Waals surface area contributed by atoms with Crippen molar-refractivity contribution in [2.24, 2.45) is 0 Å². The van der Waals surface area contributed by atoms with Gasteiger partial charge in [-0.2, -0.15) is 5.10 Å². The minimum atomic E-state index is 0.0303. The van der Waals surface area contributed by atoms with Gasteiger partial charge in [0, 0.05) is 25.6 Å². The second kappa shape index (κ2) is 5.99. The fraction of sp³-hybridized carbons (Fsp3) is 0.375. The predicted octanol–water partition coefficient (Wildman–Crippen LogP) is 1.70. The fourth-order valence-corrected chi connectivity index (χ4v) is 2.49.